The molecule has 1 amide bonds. The summed E-state index contributed by atoms with van der Waals surface area (Å²) in [7, 11) is -2.36. The predicted molar refractivity (Wildman–Crippen MR) is 214 cm³/mol. The second-order valence-electron chi connectivity index (χ2n) is 16.4. The molecule has 2 aliphatic carbocycles. The molecule has 2 aromatic rings. The summed E-state index contributed by atoms with van der Waals surface area (Å²) in [6.45, 7) is 12.4. The zero-order valence-electron chi connectivity index (χ0n) is 31.4. The van der Waals surface area contributed by atoms with Crippen LogP contribution >= 0.6 is 11.6 Å². The lowest BCUT2D eigenvalue weighted by atomic mass is 9.66. The van der Waals surface area contributed by atoms with Gasteiger partial charge in [0.05, 0.1) is 17.5 Å². The molecule has 1 N–H and O–H groups in total. The molecular weight excluding hydrogens is 728 g/mol. The molecule has 53 heavy (non-hydrogen) atoms. The zero-order chi connectivity index (χ0) is 36.9. The third-order valence-corrected chi connectivity index (χ3v) is 16.5. The lowest BCUT2D eigenvalue weighted by molar-refractivity contribution is -0.199. The van der Waals surface area contributed by atoms with Crippen molar-refractivity contribution in [2.75, 3.05) is 68.9 Å². The summed E-state index contributed by atoms with van der Waals surface area (Å²) in [5.74, 6) is 2.55. The van der Waals surface area contributed by atoms with Crippen LogP contribution in [0.3, 0.4) is 0 Å². The van der Waals surface area contributed by atoms with E-state index in [2.05, 4.69) is 57.6 Å². The van der Waals surface area contributed by atoms with Crippen LogP contribution in [0.4, 0.5) is 5.69 Å². The minimum atomic E-state index is -1.57. The Morgan fingerprint density at radius 1 is 1.08 bits per heavy atom. The summed E-state index contributed by atoms with van der Waals surface area (Å²) in [6.07, 6.45) is 10.5. The van der Waals surface area contributed by atoms with Gasteiger partial charge in [-0.05, 0) is 112 Å². The van der Waals surface area contributed by atoms with Crippen LogP contribution in [0.1, 0.15) is 74.4 Å². The fourth-order valence-electron chi connectivity index (χ4n) is 10.1. The van der Waals surface area contributed by atoms with E-state index in [1.807, 2.05) is 25.1 Å². The van der Waals surface area contributed by atoms with Gasteiger partial charge in [-0.3, -0.25) is 23.5 Å². The van der Waals surface area contributed by atoms with Crippen molar-refractivity contribution in [3.05, 3.63) is 70.3 Å². The molecule has 9 nitrogen and oxygen atoms in total. The maximum Gasteiger partial charge on any atom is 0.263 e. The van der Waals surface area contributed by atoms with E-state index in [-0.39, 0.29) is 34.4 Å². The first-order valence-corrected chi connectivity index (χ1v) is 22.8. The fourth-order valence-corrected chi connectivity index (χ4v) is 12.7. The number of allylic oxidation sites excluding steroid dienone is 1. The standard InChI is InChI=1S/C41H55ClN4O5S2/c1-4-51-41(46-18-17-44-19-20-52(48)25-34(44)24-46)16-5-7-28(2)29(3)53(49)43-39(47)31-10-14-38-37(22-31)45(23-32-9-12-36(32)41)26-40(27-50-38)15-6-8-30-21-33(42)11-13-35(30)40/h5,10-11,13-14,16,21-22,28-29,32,34,36H,4,6-9,12,15,17-20,23-27H2,1-3H3,(H,43,47)/b16-5+/t28?,29?,32?,34?,36?,40-,41+,52?,53?/m0/s1. The molecule has 6 aliphatic rings. The van der Waals surface area contributed by atoms with Crippen LogP contribution in [-0.4, -0.2) is 105 Å². The fraction of sp³-hybridized carbons (Fsp3) is 0.634. The molecule has 7 unspecified atom stereocenters. The second-order valence-corrected chi connectivity index (χ2v) is 20.0. The number of carbonyl (C=O) groups excluding carboxylic acids is 1. The van der Waals surface area contributed by atoms with Crippen LogP contribution in [-0.2, 0) is 38.4 Å². The van der Waals surface area contributed by atoms with E-state index in [1.54, 1.807) is 6.07 Å². The molecule has 2 bridgehead atoms. The van der Waals surface area contributed by atoms with Crippen LogP contribution < -0.4 is 14.4 Å². The molecule has 1 saturated carbocycles. The topological polar surface area (TPSA) is 91.4 Å². The van der Waals surface area contributed by atoms with Crippen LogP contribution in [0.2, 0.25) is 5.02 Å². The summed E-state index contributed by atoms with van der Waals surface area (Å²) in [4.78, 5) is 21.3. The van der Waals surface area contributed by atoms with Crippen LogP contribution in [0.15, 0.2) is 48.6 Å². The Balaban J connectivity index is 1.21. The van der Waals surface area contributed by atoms with E-state index in [4.69, 9.17) is 21.1 Å². The Bertz CT molecular complexity index is 1790. The quantitative estimate of drug-likeness (QED) is 0.397. The number of hydrogen-bond donors (Lipinski definition) is 1. The second kappa shape index (κ2) is 15.3. The van der Waals surface area contributed by atoms with Gasteiger partial charge in [0.1, 0.15) is 22.5 Å². The number of anilines is 1. The molecule has 8 rings (SSSR count). The van der Waals surface area contributed by atoms with Crippen molar-refractivity contribution >= 4 is 45.0 Å². The summed E-state index contributed by atoms with van der Waals surface area (Å²) in [5.41, 5.74) is 3.15. The highest BCUT2D eigenvalue weighted by Gasteiger charge is 2.53. The summed E-state index contributed by atoms with van der Waals surface area (Å²) in [6, 6.07) is 12.3. The summed E-state index contributed by atoms with van der Waals surface area (Å²) in [5, 5.41) is 0.508. The average molecular weight is 784 g/mol. The first-order chi connectivity index (χ1) is 25.6. The van der Waals surface area contributed by atoms with Crippen LogP contribution in [0.25, 0.3) is 0 Å². The smallest absolute Gasteiger partial charge is 0.263 e. The van der Waals surface area contributed by atoms with E-state index in [0.29, 0.717) is 30.4 Å². The summed E-state index contributed by atoms with van der Waals surface area (Å²) < 4.78 is 43.1. The molecule has 288 valence electrons. The van der Waals surface area contributed by atoms with Gasteiger partial charge in [0.2, 0.25) is 0 Å². The van der Waals surface area contributed by atoms with Crippen molar-refractivity contribution in [1.82, 2.24) is 14.5 Å². The zero-order valence-corrected chi connectivity index (χ0v) is 33.8. The van der Waals surface area contributed by atoms with Gasteiger partial charge in [-0.2, -0.15) is 0 Å². The van der Waals surface area contributed by atoms with Gasteiger partial charge in [-0.15, -0.1) is 0 Å². The van der Waals surface area contributed by atoms with Crippen molar-refractivity contribution in [1.29, 1.82) is 0 Å². The number of hydrogen-bond acceptors (Lipinski definition) is 8. The Morgan fingerprint density at radius 2 is 1.94 bits per heavy atom. The molecule has 9 atom stereocenters. The monoisotopic (exact) mass is 782 g/mol. The van der Waals surface area contributed by atoms with Crippen molar-refractivity contribution in [2.24, 2.45) is 17.8 Å². The molecular formula is C41H55ClN4O5S2. The molecule has 0 radical (unpaired) electrons. The lowest BCUT2D eigenvalue weighted by Crippen LogP contribution is -2.68. The molecule has 0 aromatic heterocycles. The molecule has 2 aromatic carbocycles. The number of nitrogens with zero attached hydrogens (tertiary/aromatic N) is 3. The Morgan fingerprint density at radius 3 is 2.75 bits per heavy atom. The molecule has 2 saturated heterocycles. The van der Waals surface area contributed by atoms with E-state index in [1.165, 1.54) is 11.1 Å². The van der Waals surface area contributed by atoms with E-state index in [0.717, 1.165) is 100 Å². The maximum absolute atomic E-state index is 13.7. The number of benzene rings is 2. The molecule has 4 aliphatic heterocycles. The van der Waals surface area contributed by atoms with Crippen LogP contribution in [0, 0.1) is 17.8 Å². The third-order valence-electron chi connectivity index (χ3n) is 13.4. The maximum atomic E-state index is 13.7. The van der Waals surface area contributed by atoms with Gasteiger partial charge in [-0.25, -0.2) is 4.21 Å². The Kier molecular flexibility index (Phi) is 10.9. The highest BCUT2D eigenvalue weighted by atomic mass is 35.5. The van der Waals surface area contributed by atoms with Gasteiger partial charge >= 0.3 is 0 Å². The lowest BCUT2D eigenvalue weighted by Gasteiger charge is -2.57. The molecule has 1 spiro atoms. The number of carbonyl (C=O) groups is 1. The number of halogens is 1. The van der Waals surface area contributed by atoms with E-state index < -0.39 is 27.5 Å². The number of fused-ring (bicyclic) bond motifs is 5. The number of aryl methyl sites for hydroxylation is 1. The SMILES string of the molecule is CCO[C@]1(N2CCN3CCS(=O)CC3C2)/C=C/CC(C)C(C)S(=O)NC(=O)c2ccc3c(c2)N(CC2CCC21)C[C@@]1(CCCc2cc(Cl)ccc21)CO3. The average Bonchev–Trinajstić information content (AvgIpc) is 3.28. The van der Waals surface area contributed by atoms with Gasteiger partial charge in [-0.1, -0.05) is 30.7 Å². The van der Waals surface area contributed by atoms with Gasteiger partial charge in [0.15, 0.2) is 0 Å². The van der Waals surface area contributed by atoms with Gasteiger partial charge < -0.3 is 14.4 Å². The molecule has 12 heteroatoms. The highest BCUT2D eigenvalue weighted by molar-refractivity contribution is 7.85. The predicted octanol–water partition coefficient (Wildman–Crippen LogP) is 5.70. The molecule has 4 heterocycles. The van der Waals surface area contributed by atoms with Crippen molar-refractivity contribution < 1.29 is 22.7 Å². The Hall–Kier alpha value is -2.28. The third kappa shape index (κ3) is 7.16. The highest BCUT2D eigenvalue weighted by Crippen LogP contribution is 2.50. The number of nitrogens with one attached hydrogen (secondary N) is 1. The number of rotatable bonds is 3. The van der Waals surface area contributed by atoms with Crippen molar-refractivity contribution in [3.63, 3.8) is 0 Å². The van der Waals surface area contributed by atoms with Crippen molar-refractivity contribution in [2.45, 2.75) is 81.7 Å². The van der Waals surface area contributed by atoms with E-state index in [9.17, 15) is 13.2 Å². The number of piperazine rings is 1. The van der Waals surface area contributed by atoms with Gasteiger partial charge in [0.25, 0.3) is 5.91 Å². The van der Waals surface area contributed by atoms with Gasteiger partial charge in [0, 0.05) is 96.1 Å². The normalized spacial score (nSPS) is 37.2. The minimum absolute atomic E-state index is 0.0646. The number of ether oxygens (including phenoxy) is 2. The Labute approximate surface area is 325 Å². The van der Waals surface area contributed by atoms with Crippen LogP contribution in [0.5, 0.6) is 5.75 Å². The number of amides is 1. The molecule has 3 fully saturated rings. The largest absolute Gasteiger partial charge is 0.490 e. The van der Waals surface area contributed by atoms with E-state index >= 15 is 0 Å². The first kappa shape index (κ1) is 37.6. The first-order valence-electron chi connectivity index (χ1n) is 19.8. The minimum Gasteiger partial charge on any atom is -0.490 e. The van der Waals surface area contributed by atoms with Crippen molar-refractivity contribution in [3.8, 4) is 5.75 Å². The summed E-state index contributed by atoms with van der Waals surface area (Å²) >= 11 is 6.53.